The summed E-state index contributed by atoms with van der Waals surface area (Å²) >= 11 is 0. The molecular weight excluding hydrogens is 368 g/mol. The Morgan fingerprint density at radius 3 is 2.46 bits per heavy atom. The highest BCUT2D eigenvalue weighted by atomic mass is 16.6. The lowest BCUT2D eigenvalue weighted by Gasteiger charge is -2.28. The van der Waals surface area contributed by atoms with Gasteiger partial charge in [0.1, 0.15) is 4.92 Å². The highest BCUT2D eigenvalue weighted by molar-refractivity contribution is 5.98. The number of hydrogen-bond donors (Lipinski definition) is 1. The van der Waals surface area contributed by atoms with Gasteiger partial charge in [0.25, 0.3) is 5.91 Å². The lowest BCUT2D eigenvalue weighted by molar-refractivity contribution is -0.402. The van der Waals surface area contributed by atoms with Gasteiger partial charge < -0.3 is 24.3 Å². The van der Waals surface area contributed by atoms with Crippen molar-refractivity contribution < 1.29 is 23.7 Å². The molecule has 0 atom stereocenters. The Morgan fingerprint density at radius 2 is 1.86 bits per heavy atom. The zero-order valence-electron chi connectivity index (χ0n) is 15.3. The van der Waals surface area contributed by atoms with Gasteiger partial charge in [-0.25, -0.2) is 0 Å². The highest BCUT2D eigenvalue weighted by Crippen LogP contribution is 2.19. The number of likely N-dealkylation sites (N-methyl/N-ethyl adjacent to an activating group) is 1. The predicted molar refractivity (Wildman–Crippen MR) is 100 cm³/mol. The van der Waals surface area contributed by atoms with E-state index < -0.39 is 22.6 Å². The van der Waals surface area contributed by atoms with Gasteiger partial charge in [-0.3, -0.25) is 19.7 Å². The number of rotatable bonds is 6. The van der Waals surface area contributed by atoms with Gasteiger partial charge in [0, 0.05) is 31.5 Å². The van der Waals surface area contributed by atoms with Crippen LogP contribution in [0.15, 0.2) is 40.8 Å². The second-order valence-corrected chi connectivity index (χ2v) is 6.25. The normalized spacial score (nSPS) is 13.8. The molecule has 1 aliphatic rings. The van der Waals surface area contributed by atoms with Crippen LogP contribution in [-0.4, -0.2) is 61.5 Å². The van der Waals surface area contributed by atoms with Crippen LogP contribution in [0, 0.1) is 10.1 Å². The molecule has 1 fully saturated rings. The Hall–Kier alpha value is -3.40. The molecule has 10 nitrogen and oxygen atoms in total. The van der Waals surface area contributed by atoms with E-state index in [1.54, 1.807) is 12.1 Å². The first-order valence-corrected chi connectivity index (χ1v) is 8.66. The molecule has 1 aromatic carbocycles. The van der Waals surface area contributed by atoms with E-state index in [1.807, 2.05) is 12.1 Å². The van der Waals surface area contributed by atoms with E-state index >= 15 is 0 Å². The minimum Gasteiger partial charge on any atom is -0.395 e. The Labute approximate surface area is 160 Å². The average molecular weight is 388 g/mol. The van der Waals surface area contributed by atoms with Crippen LogP contribution in [0.4, 0.5) is 17.3 Å². The number of amides is 2. The zero-order chi connectivity index (χ0) is 20.1. The molecule has 1 aromatic heterocycles. The summed E-state index contributed by atoms with van der Waals surface area (Å²) in [7, 11) is 1.41. The molecule has 2 aromatic rings. The maximum atomic E-state index is 12.2. The first-order chi connectivity index (χ1) is 13.4. The Balaban J connectivity index is 1.53. The molecule has 0 saturated carbocycles. The number of morpholine rings is 1. The molecule has 2 heterocycles. The van der Waals surface area contributed by atoms with Gasteiger partial charge in [0.15, 0.2) is 5.76 Å². The Morgan fingerprint density at radius 1 is 1.18 bits per heavy atom. The molecule has 10 heteroatoms. The van der Waals surface area contributed by atoms with Gasteiger partial charge in [-0.1, -0.05) is 0 Å². The molecule has 148 valence electrons. The molecule has 1 saturated heterocycles. The lowest BCUT2D eigenvalue weighted by Crippen LogP contribution is -2.36. The van der Waals surface area contributed by atoms with Gasteiger partial charge in [-0.2, -0.15) is 0 Å². The van der Waals surface area contributed by atoms with Crippen molar-refractivity contribution in [1.82, 2.24) is 4.90 Å². The number of ether oxygens (including phenoxy) is 1. The summed E-state index contributed by atoms with van der Waals surface area (Å²) in [5, 5.41) is 13.3. The number of nitrogens with one attached hydrogen (secondary N) is 1. The molecule has 0 spiro atoms. The fraction of sp³-hybridized carbons (Fsp3) is 0.333. The largest absolute Gasteiger partial charge is 0.433 e. The van der Waals surface area contributed by atoms with Crippen LogP contribution in [0.25, 0.3) is 0 Å². The SMILES string of the molecule is CN(CC(=O)Nc1ccc(N2CCOCC2)cc1)C(=O)c1ccc([N+](=O)[O-])o1. The van der Waals surface area contributed by atoms with Crippen LogP contribution in [0.3, 0.4) is 0 Å². The molecular formula is C18H20N4O6. The van der Waals surface area contributed by atoms with Gasteiger partial charge in [-0.05, 0) is 30.3 Å². The molecule has 0 aliphatic carbocycles. The average Bonchev–Trinajstić information content (AvgIpc) is 3.19. The molecule has 0 bridgehead atoms. The summed E-state index contributed by atoms with van der Waals surface area (Å²) in [4.78, 5) is 37.6. The van der Waals surface area contributed by atoms with E-state index in [2.05, 4.69) is 10.2 Å². The molecule has 2 amide bonds. The van der Waals surface area contributed by atoms with Gasteiger partial charge in [0.2, 0.25) is 5.91 Å². The fourth-order valence-electron chi connectivity index (χ4n) is 2.79. The van der Waals surface area contributed by atoms with Crippen LogP contribution in [0.1, 0.15) is 10.6 Å². The molecule has 0 unspecified atom stereocenters. The van der Waals surface area contributed by atoms with Gasteiger partial charge in [-0.15, -0.1) is 0 Å². The van der Waals surface area contributed by atoms with E-state index in [0.29, 0.717) is 18.9 Å². The number of benzene rings is 1. The zero-order valence-corrected chi connectivity index (χ0v) is 15.3. The topological polar surface area (TPSA) is 118 Å². The highest BCUT2D eigenvalue weighted by Gasteiger charge is 2.21. The maximum absolute atomic E-state index is 12.2. The molecule has 3 rings (SSSR count). The number of carbonyl (C=O) groups excluding carboxylic acids is 2. The van der Waals surface area contributed by atoms with Crippen LogP contribution >= 0.6 is 0 Å². The number of anilines is 2. The van der Waals surface area contributed by atoms with Crippen LogP contribution in [0.2, 0.25) is 0 Å². The number of hydrogen-bond acceptors (Lipinski definition) is 7. The number of furan rings is 1. The summed E-state index contributed by atoms with van der Waals surface area (Å²) in [6.07, 6.45) is 0. The lowest BCUT2D eigenvalue weighted by atomic mass is 10.2. The van der Waals surface area contributed by atoms with E-state index in [1.165, 1.54) is 13.1 Å². The van der Waals surface area contributed by atoms with Gasteiger partial charge in [0.05, 0.1) is 25.8 Å². The number of nitro groups is 1. The van der Waals surface area contributed by atoms with Crippen molar-refractivity contribution in [2.75, 3.05) is 50.1 Å². The Kier molecular flexibility index (Phi) is 5.90. The third kappa shape index (κ3) is 4.65. The van der Waals surface area contributed by atoms with Crippen LogP contribution in [0.5, 0.6) is 0 Å². The van der Waals surface area contributed by atoms with Crippen LogP contribution in [-0.2, 0) is 9.53 Å². The van der Waals surface area contributed by atoms with E-state index in [0.717, 1.165) is 29.7 Å². The quantitative estimate of drug-likeness (QED) is 0.591. The van der Waals surface area contributed by atoms with Crippen molar-refractivity contribution in [1.29, 1.82) is 0 Å². The predicted octanol–water partition coefficient (Wildman–Crippen LogP) is 1.74. The van der Waals surface area contributed by atoms with Crippen molar-refractivity contribution in [2.24, 2.45) is 0 Å². The van der Waals surface area contributed by atoms with E-state index in [9.17, 15) is 19.7 Å². The smallest absolute Gasteiger partial charge is 0.395 e. The first kappa shape index (κ1) is 19.4. The minimum atomic E-state index is -0.732. The van der Waals surface area contributed by atoms with Crippen molar-refractivity contribution in [3.8, 4) is 0 Å². The fourth-order valence-corrected chi connectivity index (χ4v) is 2.79. The summed E-state index contributed by atoms with van der Waals surface area (Å²) in [6.45, 7) is 2.81. The molecule has 0 radical (unpaired) electrons. The third-order valence-electron chi connectivity index (χ3n) is 4.24. The first-order valence-electron chi connectivity index (χ1n) is 8.66. The van der Waals surface area contributed by atoms with Gasteiger partial charge >= 0.3 is 5.88 Å². The monoisotopic (exact) mass is 388 g/mol. The number of carbonyl (C=O) groups is 2. The second-order valence-electron chi connectivity index (χ2n) is 6.25. The summed E-state index contributed by atoms with van der Waals surface area (Å²) in [6, 6.07) is 9.72. The minimum absolute atomic E-state index is 0.197. The molecule has 1 N–H and O–H groups in total. The van der Waals surface area contributed by atoms with E-state index in [-0.39, 0.29) is 12.3 Å². The molecule has 28 heavy (non-hydrogen) atoms. The number of nitrogens with zero attached hydrogens (tertiary/aromatic N) is 3. The summed E-state index contributed by atoms with van der Waals surface area (Å²) in [5.74, 6) is -1.74. The standard InChI is InChI=1S/C18H20N4O6/c1-20(18(24)15-6-7-17(28-15)22(25)26)12-16(23)19-13-2-4-14(5-3-13)21-8-10-27-11-9-21/h2-7H,8-12H2,1H3,(H,19,23). The van der Waals surface area contributed by atoms with Crippen LogP contribution < -0.4 is 10.2 Å². The summed E-state index contributed by atoms with van der Waals surface area (Å²) in [5.41, 5.74) is 1.66. The molecule has 1 aliphatic heterocycles. The summed E-state index contributed by atoms with van der Waals surface area (Å²) < 4.78 is 10.2. The van der Waals surface area contributed by atoms with Crippen molar-refractivity contribution in [3.05, 3.63) is 52.3 Å². The second kappa shape index (κ2) is 8.53. The Bertz CT molecular complexity index is 857. The van der Waals surface area contributed by atoms with Crippen molar-refractivity contribution in [3.63, 3.8) is 0 Å². The van der Waals surface area contributed by atoms with Crippen molar-refractivity contribution >= 4 is 29.1 Å². The maximum Gasteiger partial charge on any atom is 0.433 e. The van der Waals surface area contributed by atoms with E-state index in [4.69, 9.17) is 9.15 Å². The van der Waals surface area contributed by atoms with Crippen molar-refractivity contribution in [2.45, 2.75) is 0 Å². The third-order valence-corrected chi connectivity index (χ3v) is 4.24.